The molecule has 1 saturated heterocycles. The van der Waals surface area contributed by atoms with E-state index in [9.17, 15) is 0 Å². The molecule has 1 aliphatic heterocycles. The Morgan fingerprint density at radius 2 is 2.09 bits per heavy atom. The molecule has 1 heterocycles. The highest BCUT2D eigenvalue weighted by molar-refractivity contribution is 6.31. The lowest BCUT2D eigenvalue weighted by Gasteiger charge is -2.22. The van der Waals surface area contributed by atoms with E-state index in [0.29, 0.717) is 0 Å². The molecule has 22 heavy (non-hydrogen) atoms. The molecule has 1 aromatic carbocycles. The topological polar surface area (TPSA) is 39.5 Å². The number of rotatable bonds is 9. The molecule has 1 aromatic rings. The van der Waals surface area contributed by atoms with Gasteiger partial charge < -0.3 is 19.7 Å². The van der Waals surface area contributed by atoms with Gasteiger partial charge in [-0.05, 0) is 30.2 Å². The van der Waals surface area contributed by atoms with E-state index in [2.05, 4.69) is 12.2 Å². The number of morpholine rings is 1. The second-order valence-corrected chi connectivity index (χ2v) is 6.19. The van der Waals surface area contributed by atoms with Crippen molar-refractivity contribution >= 4 is 11.6 Å². The minimum absolute atomic E-state index is 0.770. The van der Waals surface area contributed by atoms with Crippen molar-refractivity contribution in [3.05, 3.63) is 28.8 Å². The summed E-state index contributed by atoms with van der Waals surface area (Å²) in [6.45, 7) is 10.6. The highest BCUT2D eigenvalue weighted by Gasteiger charge is 2.13. The van der Waals surface area contributed by atoms with Crippen molar-refractivity contribution in [2.45, 2.75) is 19.8 Å². The highest BCUT2D eigenvalue weighted by atomic mass is 35.5. The summed E-state index contributed by atoms with van der Waals surface area (Å²) in [6, 6.07) is 5.92. The Morgan fingerprint density at radius 3 is 2.86 bits per heavy atom. The first-order valence-corrected chi connectivity index (χ1v) is 8.81. The van der Waals surface area contributed by atoms with Gasteiger partial charge in [0.25, 0.3) is 0 Å². The van der Waals surface area contributed by atoms with Gasteiger partial charge in [0.15, 0.2) is 0 Å². The zero-order valence-corrected chi connectivity index (χ0v) is 14.3. The molecule has 0 bridgehead atoms. The van der Waals surface area contributed by atoms with Crippen LogP contribution in [0.5, 0.6) is 5.75 Å². The van der Waals surface area contributed by atoms with Crippen molar-refractivity contribution in [3.8, 4) is 5.75 Å². The van der Waals surface area contributed by atoms with E-state index < -0.39 is 0 Å². The first kappa shape index (κ1) is 17.5. The third kappa shape index (κ3) is 6.13. The van der Waals surface area contributed by atoms with Gasteiger partial charge in [-0.2, -0.15) is 0 Å². The van der Waals surface area contributed by atoms with E-state index in [1.54, 1.807) is 4.90 Å². The van der Waals surface area contributed by atoms with Crippen LogP contribution in [0.3, 0.4) is 0 Å². The zero-order chi connectivity index (χ0) is 15.6. The fourth-order valence-corrected chi connectivity index (χ4v) is 2.94. The third-order valence-corrected chi connectivity index (χ3v) is 4.49. The van der Waals surface area contributed by atoms with Crippen LogP contribution in [0.2, 0.25) is 5.02 Å². The van der Waals surface area contributed by atoms with Crippen LogP contribution in [0, 0.1) is 0 Å². The van der Waals surface area contributed by atoms with Gasteiger partial charge in [-0.3, -0.25) is 0 Å². The first-order chi connectivity index (χ1) is 10.8. The van der Waals surface area contributed by atoms with Crippen LogP contribution in [0.25, 0.3) is 0 Å². The van der Waals surface area contributed by atoms with Crippen LogP contribution in [0.4, 0.5) is 0 Å². The summed E-state index contributed by atoms with van der Waals surface area (Å²) in [4.78, 5) is 1.67. The molecule has 5 heteroatoms. The normalized spacial score (nSPS) is 15.9. The summed E-state index contributed by atoms with van der Waals surface area (Å²) < 4.78 is 11.2. The predicted octanol–water partition coefficient (Wildman–Crippen LogP) is 0.150. The third-order valence-electron chi connectivity index (χ3n) is 4.12. The van der Waals surface area contributed by atoms with Gasteiger partial charge in [0, 0.05) is 11.4 Å². The lowest BCUT2D eigenvalue weighted by molar-refractivity contribution is -0.919. The quantitative estimate of drug-likeness (QED) is 0.634. The lowest BCUT2D eigenvalue weighted by Crippen LogP contribution is -3.16. The van der Waals surface area contributed by atoms with Crippen molar-refractivity contribution in [2.75, 3.05) is 52.5 Å². The molecule has 2 rings (SSSR count). The van der Waals surface area contributed by atoms with E-state index in [4.69, 9.17) is 21.1 Å². The van der Waals surface area contributed by atoms with Gasteiger partial charge in [0.05, 0.1) is 26.4 Å². The molecular weight excluding hydrogens is 300 g/mol. The Hall–Kier alpha value is -0.810. The van der Waals surface area contributed by atoms with Crippen LogP contribution in [-0.4, -0.2) is 52.5 Å². The molecular formula is C17H29ClN2O2+2. The summed E-state index contributed by atoms with van der Waals surface area (Å²) >= 11 is 6.11. The fraction of sp³-hybridized carbons (Fsp3) is 0.647. The van der Waals surface area contributed by atoms with Crippen molar-refractivity contribution in [1.29, 1.82) is 0 Å². The molecule has 4 nitrogen and oxygen atoms in total. The SMILES string of the molecule is CCc1cc(OCCC[NH2+]CC[NH+]2CCOCC2)ccc1Cl. The molecule has 0 aliphatic carbocycles. The minimum Gasteiger partial charge on any atom is -0.493 e. The van der Waals surface area contributed by atoms with Crippen molar-refractivity contribution < 1.29 is 19.7 Å². The van der Waals surface area contributed by atoms with E-state index in [0.717, 1.165) is 68.6 Å². The predicted molar refractivity (Wildman–Crippen MR) is 89.0 cm³/mol. The number of quaternary nitrogens is 2. The second-order valence-electron chi connectivity index (χ2n) is 5.79. The molecule has 0 unspecified atom stereocenters. The van der Waals surface area contributed by atoms with Crippen LogP contribution >= 0.6 is 11.6 Å². The van der Waals surface area contributed by atoms with E-state index in [1.807, 2.05) is 18.2 Å². The minimum atomic E-state index is 0.770. The Kier molecular flexibility index (Phi) is 8.02. The molecule has 0 spiro atoms. The standard InChI is InChI=1S/C17H27ClN2O2/c1-2-15-14-16(4-5-17(15)18)22-11-3-6-19-7-8-20-9-12-21-13-10-20/h4-5,14,19H,2-3,6-13H2,1H3/p+2. The Labute approximate surface area is 138 Å². The van der Waals surface area contributed by atoms with Crippen molar-refractivity contribution in [1.82, 2.24) is 0 Å². The molecule has 0 amide bonds. The van der Waals surface area contributed by atoms with Crippen molar-refractivity contribution in [3.63, 3.8) is 0 Å². The second kappa shape index (κ2) is 10.1. The van der Waals surface area contributed by atoms with Crippen LogP contribution in [0.1, 0.15) is 18.9 Å². The lowest BCUT2D eigenvalue weighted by atomic mass is 10.1. The summed E-state index contributed by atoms with van der Waals surface area (Å²) in [6.07, 6.45) is 2.01. The molecule has 1 aliphatic rings. The van der Waals surface area contributed by atoms with Crippen LogP contribution in [0.15, 0.2) is 18.2 Å². The molecule has 0 saturated carbocycles. The molecule has 1 fully saturated rings. The summed E-state index contributed by atoms with van der Waals surface area (Å²) in [7, 11) is 0. The Morgan fingerprint density at radius 1 is 1.27 bits per heavy atom. The first-order valence-electron chi connectivity index (χ1n) is 8.43. The molecule has 3 N–H and O–H groups in total. The number of hydrogen-bond donors (Lipinski definition) is 2. The smallest absolute Gasteiger partial charge is 0.127 e. The number of hydrogen-bond acceptors (Lipinski definition) is 2. The maximum atomic E-state index is 6.11. The van der Waals surface area contributed by atoms with E-state index in [-0.39, 0.29) is 0 Å². The maximum Gasteiger partial charge on any atom is 0.127 e. The summed E-state index contributed by atoms with van der Waals surface area (Å²) in [5.41, 5.74) is 1.15. The number of aryl methyl sites for hydroxylation is 1. The Balaban J connectivity index is 1.52. The van der Waals surface area contributed by atoms with E-state index >= 15 is 0 Å². The molecule has 0 atom stereocenters. The van der Waals surface area contributed by atoms with Crippen molar-refractivity contribution in [2.24, 2.45) is 0 Å². The highest BCUT2D eigenvalue weighted by Crippen LogP contribution is 2.22. The van der Waals surface area contributed by atoms with Crippen LogP contribution < -0.4 is 15.0 Å². The number of halogens is 1. The van der Waals surface area contributed by atoms with Gasteiger partial charge in [0.2, 0.25) is 0 Å². The molecule has 124 valence electrons. The molecule has 0 radical (unpaired) electrons. The number of nitrogens with two attached hydrogens (primary N) is 1. The van der Waals surface area contributed by atoms with Gasteiger partial charge in [-0.1, -0.05) is 18.5 Å². The van der Waals surface area contributed by atoms with Gasteiger partial charge >= 0.3 is 0 Å². The zero-order valence-electron chi connectivity index (χ0n) is 13.6. The maximum absolute atomic E-state index is 6.11. The summed E-state index contributed by atoms with van der Waals surface area (Å²) in [5.74, 6) is 0.930. The number of nitrogens with one attached hydrogen (secondary N) is 1. The van der Waals surface area contributed by atoms with Gasteiger partial charge in [-0.25, -0.2) is 0 Å². The average molecular weight is 329 g/mol. The number of benzene rings is 1. The monoisotopic (exact) mass is 328 g/mol. The van der Waals surface area contributed by atoms with Gasteiger partial charge in [0.1, 0.15) is 31.9 Å². The summed E-state index contributed by atoms with van der Waals surface area (Å²) in [5, 5.41) is 3.22. The van der Waals surface area contributed by atoms with Gasteiger partial charge in [-0.15, -0.1) is 0 Å². The largest absolute Gasteiger partial charge is 0.493 e. The Bertz CT molecular complexity index is 437. The fourth-order valence-electron chi connectivity index (χ4n) is 2.69. The number of ether oxygens (including phenoxy) is 2. The average Bonchev–Trinajstić information content (AvgIpc) is 2.56. The van der Waals surface area contributed by atoms with Crippen LogP contribution in [-0.2, 0) is 11.2 Å². The van der Waals surface area contributed by atoms with E-state index in [1.165, 1.54) is 13.1 Å². The molecule has 0 aromatic heterocycles.